The van der Waals surface area contributed by atoms with Gasteiger partial charge in [0.2, 0.25) is 0 Å². The number of benzene rings is 1. The monoisotopic (exact) mass is 477 g/mol. The number of fused-ring (bicyclic) bond motifs is 1. The standard InChI is InChI=1S/C23H26F3N5OS/c1-14-11-16(3-6-18(14)15(2)29-17-4-5-17)20-13-28-22-19(27-8-7-23(24,25)26)12-21(30-31(20)22)33-10-9-32/h3,6,11-13,17,27,29,32H,2,4-5,7-10H2,1H3. The number of aromatic nitrogens is 3. The minimum atomic E-state index is -4.25. The van der Waals surface area contributed by atoms with Gasteiger partial charge in [-0.05, 0) is 43.0 Å². The lowest BCUT2D eigenvalue weighted by Crippen LogP contribution is -2.15. The summed E-state index contributed by atoms with van der Waals surface area (Å²) in [6.07, 6.45) is -1.20. The van der Waals surface area contributed by atoms with Gasteiger partial charge in [-0.1, -0.05) is 18.7 Å². The van der Waals surface area contributed by atoms with Crippen molar-refractivity contribution in [3.8, 4) is 11.3 Å². The van der Waals surface area contributed by atoms with E-state index in [9.17, 15) is 18.3 Å². The van der Waals surface area contributed by atoms with Crippen LogP contribution in [-0.4, -0.2) is 50.8 Å². The Morgan fingerprint density at radius 3 is 2.76 bits per heavy atom. The molecule has 6 nitrogen and oxygen atoms in total. The van der Waals surface area contributed by atoms with Gasteiger partial charge in [0.25, 0.3) is 0 Å². The zero-order chi connectivity index (χ0) is 23.6. The van der Waals surface area contributed by atoms with Gasteiger partial charge in [-0.15, -0.1) is 11.8 Å². The summed E-state index contributed by atoms with van der Waals surface area (Å²) in [7, 11) is 0. The minimum absolute atomic E-state index is 0.0303. The van der Waals surface area contributed by atoms with Crippen LogP contribution in [0.4, 0.5) is 18.9 Å². The van der Waals surface area contributed by atoms with Gasteiger partial charge in [0.05, 0.1) is 30.6 Å². The molecule has 176 valence electrons. The highest BCUT2D eigenvalue weighted by atomic mass is 32.2. The quantitative estimate of drug-likeness (QED) is 0.362. The van der Waals surface area contributed by atoms with E-state index in [4.69, 9.17) is 0 Å². The van der Waals surface area contributed by atoms with Crippen molar-refractivity contribution >= 4 is 28.8 Å². The van der Waals surface area contributed by atoms with Gasteiger partial charge in [0, 0.05) is 29.6 Å². The number of halogens is 3. The smallest absolute Gasteiger partial charge is 0.390 e. The second-order valence-corrected chi connectivity index (χ2v) is 9.18. The third-order valence-corrected chi connectivity index (χ3v) is 6.20. The summed E-state index contributed by atoms with van der Waals surface area (Å²) in [5.74, 6) is 0.425. The fraction of sp³-hybridized carbons (Fsp3) is 0.391. The maximum absolute atomic E-state index is 12.6. The van der Waals surface area contributed by atoms with Crippen LogP contribution in [0.1, 0.15) is 30.4 Å². The van der Waals surface area contributed by atoms with Gasteiger partial charge in [-0.2, -0.15) is 18.3 Å². The number of rotatable bonds is 10. The molecule has 3 N–H and O–H groups in total. The molecule has 0 saturated heterocycles. The van der Waals surface area contributed by atoms with Crippen LogP contribution in [0, 0.1) is 6.92 Å². The Morgan fingerprint density at radius 1 is 1.30 bits per heavy atom. The Bertz CT molecular complexity index is 1160. The van der Waals surface area contributed by atoms with Crippen molar-refractivity contribution in [1.82, 2.24) is 19.9 Å². The molecule has 2 heterocycles. The molecule has 0 atom stereocenters. The zero-order valence-electron chi connectivity index (χ0n) is 18.2. The molecule has 1 aliphatic carbocycles. The average molecular weight is 478 g/mol. The van der Waals surface area contributed by atoms with Gasteiger partial charge in [-0.25, -0.2) is 9.50 Å². The van der Waals surface area contributed by atoms with E-state index in [1.807, 2.05) is 25.1 Å². The van der Waals surface area contributed by atoms with E-state index in [2.05, 4.69) is 27.3 Å². The van der Waals surface area contributed by atoms with Crippen LogP contribution in [0.2, 0.25) is 0 Å². The molecular weight excluding hydrogens is 451 g/mol. The van der Waals surface area contributed by atoms with Crippen molar-refractivity contribution in [3.05, 3.63) is 48.2 Å². The van der Waals surface area contributed by atoms with Gasteiger partial charge in [0.15, 0.2) is 5.65 Å². The molecule has 10 heteroatoms. The van der Waals surface area contributed by atoms with E-state index < -0.39 is 12.6 Å². The summed E-state index contributed by atoms with van der Waals surface area (Å²) in [6, 6.07) is 8.19. The average Bonchev–Trinajstić information content (AvgIpc) is 3.46. The zero-order valence-corrected chi connectivity index (χ0v) is 19.1. The molecule has 0 bridgehead atoms. The highest BCUT2D eigenvalue weighted by Gasteiger charge is 2.26. The summed E-state index contributed by atoms with van der Waals surface area (Å²) in [5, 5.41) is 20.6. The predicted octanol–water partition coefficient (Wildman–Crippen LogP) is 4.88. The number of thioether (sulfide) groups is 1. The lowest BCUT2D eigenvalue weighted by molar-refractivity contribution is -0.131. The minimum Gasteiger partial charge on any atom is -0.396 e. The van der Waals surface area contributed by atoms with Crippen molar-refractivity contribution in [3.63, 3.8) is 0 Å². The number of aliphatic hydroxyl groups excluding tert-OH is 1. The Morgan fingerprint density at radius 2 is 2.09 bits per heavy atom. The molecule has 3 aromatic rings. The second-order valence-electron chi connectivity index (χ2n) is 8.07. The van der Waals surface area contributed by atoms with Crippen molar-refractivity contribution in [1.29, 1.82) is 0 Å². The first kappa shape index (κ1) is 23.4. The first-order chi connectivity index (χ1) is 15.7. The van der Waals surface area contributed by atoms with Crippen LogP contribution in [-0.2, 0) is 0 Å². The number of anilines is 1. The third kappa shape index (κ3) is 5.80. The molecule has 2 aromatic heterocycles. The molecule has 1 aromatic carbocycles. The maximum Gasteiger partial charge on any atom is 0.390 e. The normalized spacial score (nSPS) is 14.0. The first-order valence-corrected chi connectivity index (χ1v) is 11.7. The Balaban J connectivity index is 1.66. The fourth-order valence-corrected chi connectivity index (χ4v) is 4.19. The predicted molar refractivity (Wildman–Crippen MR) is 125 cm³/mol. The number of alkyl halides is 3. The van der Waals surface area contributed by atoms with Gasteiger partial charge in [-0.3, -0.25) is 0 Å². The maximum atomic E-state index is 12.6. The van der Waals surface area contributed by atoms with Crippen LogP contribution >= 0.6 is 11.8 Å². The highest BCUT2D eigenvalue weighted by Crippen LogP contribution is 2.31. The van der Waals surface area contributed by atoms with Crippen LogP contribution in [0.15, 0.2) is 42.1 Å². The topological polar surface area (TPSA) is 74.5 Å². The molecule has 0 radical (unpaired) electrons. The number of nitrogens with zero attached hydrogens (tertiary/aromatic N) is 3. The summed E-state index contributed by atoms with van der Waals surface area (Å²) in [5.41, 5.74) is 5.53. The molecule has 0 spiro atoms. The number of imidazole rings is 1. The summed E-state index contributed by atoms with van der Waals surface area (Å²) in [4.78, 5) is 4.43. The van der Waals surface area contributed by atoms with E-state index in [-0.39, 0.29) is 13.2 Å². The Kier molecular flexibility index (Phi) is 6.85. The lowest BCUT2D eigenvalue weighted by Gasteiger charge is -2.14. The fourth-order valence-electron chi connectivity index (χ4n) is 3.55. The number of nitrogens with one attached hydrogen (secondary N) is 2. The molecule has 4 rings (SSSR count). The molecule has 0 aliphatic heterocycles. The van der Waals surface area contributed by atoms with Crippen LogP contribution in [0.3, 0.4) is 0 Å². The number of hydrogen-bond donors (Lipinski definition) is 3. The Labute approximate surface area is 194 Å². The molecule has 1 fully saturated rings. The summed E-state index contributed by atoms with van der Waals surface area (Å²) in [6.45, 7) is 5.87. The third-order valence-electron chi connectivity index (χ3n) is 5.31. The van der Waals surface area contributed by atoms with E-state index in [0.29, 0.717) is 28.2 Å². The lowest BCUT2D eigenvalue weighted by atomic mass is 10.0. The largest absolute Gasteiger partial charge is 0.396 e. The molecule has 0 amide bonds. The van der Waals surface area contributed by atoms with E-state index >= 15 is 0 Å². The van der Waals surface area contributed by atoms with Crippen molar-refractivity contribution in [2.45, 2.75) is 43.4 Å². The molecule has 33 heavy (non-hydrogen) atoms. The van der Waals surface area contributed by atoms with Crippen LogP contribution in [0.25, 0.3) is 22.6 Å². The summed E-state index contributed by atoms with van der Waals surface area (Å²) < 4.78 is 39.5. The van der Waals surface area contributed by atoms with E-state index in [0.717, 1.165) is 28.1 Å². The van der Waals surface area contributed by atoms with Gasteiger partial charge < -0.3 is 15.7 Å². The van der Waals surface area contributed by atoms with E-state index in [1.54, 1.807) is 16.8 Å². The molecular formula is C23H26F3N5OS. The van der Waals surface area contributed by atoms with E-state index in [1.165, 1.54) is 24.6 Å². The molecule has 0 unspecified atom stereocenters. The number of aliphatic hydroxyl groups is 1. The van der Waals surface area contributed by atoms with Crippen molar-refractivity contribution in [2.75, 3.05) is 24.2 Å². The SMILES string of the molecule is C=C(NC1CC1)c1ccc(-c2cnc3c(NCCC(F)(F)F)cc(SCCO)nn23)cc1C. The van der Waals surface area contributed by atoms with Crippen molar-refractivity contribution < 1.29 is 18.3 Å². The van der Waals surface area contributed by atoms with Gasteiger partial charge >= 0.3 is 6.18 Å². The molecule has 1 saturated carbocycles. The molecule has 1 aliphatic rings. The number of aryl methyl sites for hydroxylation is 1. The highest BCUT2D eigenvalue weighted by molar-refractivity contribution is 7.99. The second kappa shape index (κ2) is 9.64. The van der Waals surface area contributed by atoms with Crippen LogP contribution < -0.4 is 10.6 Å². The first-order valence-electron chi connectivity index (χ1n) is 10.7. The van der Waals surface area contributed by atoms with Crippen LogP contribution in [0.5, 0.6) is 0 Å². The van der Waals surface area contributed by atoms with Crippen molar-refractivity contribution in [2.24, 2.45) is 0 Å². The number of hydrogen-bond acceptors (Lipinski definition) is 6. The summed E-state index contributed by atoms with van der Waals surface area (Å²) >= 11 is 1.32. The Hall–Kier alpha value is -2.72. The van der Waals surface area contributed by atoms with Gasteiger partial charge in [0.1, 0.15) is 5.03 Å².